The van der Waals surface area contributed by atoms with E-state index in [1.54, 1.807) is 5.01 Å². The van der Waals surface area contributed by atoms with Crippen LogP contribution in [0.1, 0.15) is 30.9 Å². The summed E-state index contributed by atoms with van der Waals surface area (Å²) in [6, 6.07) is 9.51. The fourth-order valence-electron chi connectivity index (χ4n) is 3.28. The Morgan fingerprint density at radius 2 is 2.15 bits per heavy atom. The van der Waals surface area contributed by atoms with E-state index in [1.807, 2.05) is 54.4 Å². The standard InChI is InChI=1S/C20H24ClN3OS2/c1-14-11-17(27-12-14)22-19(25)24-13-20(2,9-4-10-26-3)18(23-24)15-5-7-16(21)8-6-15/h5-8,11-12H,4,9-10,13H2,1-3H3,(H,22,25). The number of thiophene rings is 1. The van der Waals surface area contributed by atoms with Gasteiger partial charge in [-0.3, -0.25) is 5.32 Å². The van der Waals surface area contributed by atoms with Crippen LogP contribution in [-0.4, -0.2) is 35.3 Å². The van der Waals surface area contributed by atoms with Crippen LogP contribution in [0.3, 0.4) is 0 Å². The highest BCUT2D eigenvalue weighted by Gasteiger charge is 2.40. The molecule has 0 bridgehead atoms. The first-order chi connectivity index (χ1) is 12.9. The van der Waals surface area contributed by atoms with Crippen LogP contribution in [0.4, 0.5) is 9.80 Å². The van der Waals surface area contributed by atoms with Crippen LogP contribution in [0.5, 0.6) is 0 Å². The Morgan fingerprint density at radius 3 is 2.78 bits per heavy atom. The van der Waals surface area contributed by atoms with Crippen molar-refractivity contribution < 1.29 is 4.79 Å². The van der Waals surface area contributed by atoms with E-state index < -0.39 is 0 Å². The molecule has 1 aromatic heterocycles. The van der Waals surface area contributed by atoms with Gasteiger partial charge in [-0.25, -0.2) is 9.80 Å². The highest BCUT2D eigenvalue weighted by Crippen LogP contribution is 2.36. The average Bonchev–Trinajstić information content (AvgIpc) is 3.19. The first-order valence-electron chi connectivity index (χ1n) is 8.89. The Labute approximate surface area is 174 Å². The van der Waals surface area contributed by atoms with Gasteiger partial charge < -0.3 is 0 Å². The summed E-state index contributed by atoms with van der Waals surface area (Å²) >= 11 is 9.42. The Hall–Kier alpha value is -1.50. The molecule has 7 heteroatoms. The molecule has 2 aromatic rings. The van der Waals surface area contributed by atoms with Gasteiger partial charge >= 0.3 is 6.03 Å². The minimum atomic E-state index is -0.183. The third-order valence-electron chi connectivity index (χ3n) is 4.68. The highest BCUT2D eigenvalue weighted by atomic mass is 35.5. The Morgan fingerprint density at radius 1 is 1.41 bits per heavy atom. The lowest BCUT2D eigenvalue weighted by Crippen LogP contribution is -2.35. The number of amides is 2. The van der Waals surface area contributed by atoms with Crippen LogP contribution in [0.25, 0.3) is 0 Å². The minimum absolute atomic E-state index is 0.174. The predicted octanol–water partition coefficient (Wildman–Crippen LogP) is 6.11. The number of hydrogen-bond acceptors (Lipinski definition) is 4. The van der Waals surface area contributed by atoms with Gasteiger partial charge in [0.05, 0.1) is 17.3 Å². The Balaban J connectivity index is 1.83. The molecule has 144 valence electrons. The number of carbonyl (C=O) groups excluding carboxylic acids is 1. The molecule has 0 radical (unpaired) electrons. The van der Waals surface area contributed by atoms with Crippen molar-refractivity contribution in [1.29, 1.82) is 0 Å². The summed E-state index contributed by atoms with van der Waals surface area (Å²) in [5.74, 6) is 1.10. The van der Waals surface area contributed by atoms with Crippen molar-refractivity contribution in [3.8, 4) is 0 Å². The third kappa shape index (κ3) is 4.86. The van der Waals surface area contributed by atoms with Crippen molar-refractivity contribution in [1.82, 2.24) is 5.01 Å². The second-order valence-corrected chi connectivity index (χ2v) is 9.42. The van der Waals surface area contributed by atoms with Gasteiger partial charge in [0, 0.05) is 10.4 Å². The molecule has 1 aliphatic rings. The van der Waals surface area contributed by atoms with Gasteiger partial charge in [0.2, 0.25) is 0 Å². The average molecular weight is 422 g/mol. The van der Waals surface area contributed by atoms with E-state index in [-0.39, 0.29) is 11.4 Å². The first kappa shape index (κ1) is 20.2. The van der Waals surface area contributed by atoms with Gasteiger partial charge in [0.15, 0.2) is 0 Å². The van der Waals surface area contributed by atoms with Crippen LogP contribution in [0.15, 0.2) is 40.8 Å². The van der Waals surface area contributed by atoms with E-state index in [9.17, 15) is 4.79 Å². The molecule has 1 atom stereocenters. The largest absolute Gasteiger partial charge is 0.342 e. The number of hydrazone groups is 1. The molecule has 0 saturated carbocycles. The molecule has 0 spiro atoms. The number of rotatable bonds is 6. The van der Waals surface area contributed by atoms with Crippen molar-refractivity contribution in [2.24, 2.45) is 10.5 Å². The van der Waals surface area contributed by atoms with Crippen molar-refractivity contribution >= 4 is 51.4 Å². The number of aryl methyl sites for hydroxylation is 1. The van der Waals surface area contributed by atoms with Crippen LogP contribution in [0, 0.1) is 12.3 Å². The topological polar surface area (TPSA) is 44.7 Å². The molecule has 2 amide bonds. The van der Waals surface area contributed by atoms with Gasteiger partial charge in [-0.1, -0.05) is 30.7 Å². The molecule has 1 N–H and O–H groups in total. The van der Waals surface area contributed by atoms with Gasteiger partial charge in [-0.15, -0.1) is 11.3 Å². The zero-order chi connectivity index (χ0) is 19.4. The molecule has 1 aromatic carbocycles. The number of carbonyl (C=O) groups is 1. The number of thioether (sulfide) groups is 1. The lowest BCUT2D eigenvalue weighted by molar-refractivity contribution is 0.206. The first-order valence-corrected chi connectivity index (χ1v) is 11.5. The van der Waals surface area contributed by atoms with Crippen LogP contribution in [0.2, 0.25) is 5.02 Å². The Kier molecular flexibility index (Phi) is 6.50. The maximum Gasteiger partial charge on any atom is 0.342 e. The molecule has 4 nitrogen and oxygen atoms in total. The number of nitrogens with zero attached hydrogens (tertiary/aromatic N) is 2. The quantitative estimate of drug-likeness (QED) is 0.571. The molecule has 0 fully saturated rings. The van der Waals surface area contributed by atoms with Crippen molar-refractivity contribution in [2.75, 3.05) is 23.9 Å². The maximum absolute atomic E-state index is 12.8. The zero-order valence-corrected chi connectivity index (χ0v) is 18.2. The summed E-state index contributed by atoms with van der Waals surface area (Å²) in [6.45, 7) is 4.79. The zero-order valence-electron chi connectivity index (χ0n) is 15.8. The number of hydrogen-bond donors (Lipinski definition) is 1. The van der Waals surface area contributed by atoms with E-state index in [0.29, 0.717) is 11.6 Å². The number of benzene rings is 1. The molecule has 27 heavy (non-hydrogen) atoms. The summed E-state index contributed by atoms with van der Waals surface area (Å²) in [6.07, 6.45) is 4.19. The summed E-state index contributed by atoms with van der Waals surface area (Å²) in [5, 5.41) is 12.8. The molecule has 0 aliphatic carbocycles. The molecular formula is C20H24ClN3OS2. The number of halogens is 1. The highest BCUT2D eigenvalue weighted by molar-refractivity contribution is 7.98. The third-order valence-corrected chi connectivity index (χ3v) is 6.59. The molecule has 2 heterocycles. The predicted molar refractivity (Wildman–Crippen MR) is 118 cm³/mol. The molecule has 1 unspecified atom stereocenters. The summed E-state index contributed by atoms with van der Waals surface area (Å²) in [7, 11) is 0. The van der Waals surface area contributed by atoms with Gasteiger partial charge in [0.25, 0.3) is 0 Å². The minimum Gasteiger partial charge on any atom is -0.298 e. The Bertz CT molecular complexity index is 834. The van der Waals surface area contributed by atoms with Gasteiger partial charge in [-0.05, 0) is 66.5 Å². The summed E-state index contributed by atoms with van der Waals surface area (Å²) in [4.78, 5) is 12.8. The second kappa shape index (κ2) is 8.67. The normalized spacial score (nSPS) is 19.3. The van der Waals surface area contributed by atoms with Gasteiger partial charge in [-0.2, -0.15) is 16.9 Å². The number of nitrogens with one attached hydrogen (secondary N) is 1. The fraction of sp³-hybridized carbons (Fsp3) is 0.400. The second-order valence-electron chi connectivity index (χ2n) is 7.09. The molecule has 0 saturated heterocycles. The summed E-state index contributed by atoms with van der Waals surface area (Å²) in [5.41, 5.74) is 2.95. The molecule has 3 rings (SSSR count). The van der Waals surface area contributed by atoms with E-state index >= 15 is 0 Å². The molecule has 1 aliphatic heterocycles. The van der Waals surface area contributed by atoms with Crippen LogP contribution < -0.4 is 5.32 Å². The van der Waals surface area contributed by atoms with Crippen LogP contribution in [-0.2, 0) is 0 Å². The maximum atomic E-state index is 12.8. The lowest BCUT2D eigenvalue weighted by Gasteiger charge is -2.26. The van der Waals surface area contributed by atoms with E-state index in [1.165, 1.54) is 11.3 Å². The summed E-state index contributed by atoms with van der Waals surface area (Å²) < 4.78 is 0. The van der Waals surface area contributed by atoms with E-state index in [4.69, 9.17) is 16.7 Å². The van der Waals surface area contributed by atoms with Gasteiger partial charge in [0.1, 0.15) is 0 Å². The smallest absolute Gasteiger partial charge is 0.298 e. The van der Waals surface area contributed by atoms with E-state index in [2.05, 4.69) is 18.5 Å². The monoisotopic (exact) mass is 421 g/mol. The van der Waals surface area contributed by atoms with Crippen molar-refractivity contribution in [2.45, 2.75) is 26.7 Å². The fourth-order valence-corrected chi connectivity index (χ4v) is 4.62. The number of anilines is 1. The number of urea groups is 1. The SMILES string of the molecule is CSCCCC1(C)CN(C(=O)Nc2cc(C)cs2)N=C1c1ccc(Cl)cc1. The molecular weight excluding hydrogens is 398 g/mol. The van der Waals surface area contributed by atoms with Crippen molar-refractivity contribution in [3.05, 3.63) is 51.9 Å². The van der Waals surface area contributed by atoms with Crippen molar-refractivity contribution in [3.63, 3.8) is 0 Å². The van der Waals surface area contributed by atoms with E-state index in [0.717, 1.165) is 40.4 Å². The lowest BCUT2D eigenvalue weighted by atomic mass is 9.78. The van der Waals surface area contributed by atoms with Crippen LogP contribution >= 0.6 is 34.7 Å².